The van der Waals surface area contributed by atoms with Crippen molar-refractivity contribution in [3.05, 3.63) is 29.8 Å². The van der Waals surface area contributed by atoms with E-state index in [1.165, 1.54) is 7.11 Å². The highest BCUT2D eigenvalue weighted by molar-refractivity contribution is 5.99. The average molecular weight is 334 g/mol. The summed E-state index contributed by atoms with van der Waals surface area (Å²) in [4.78, 5) is 37.2. The van der Waals surface area contributed by atoms with E-state index in [2.05, 4.69) is 5.32 Å². The van der Waals surface area contributed by atoms with E-state index < -0.39 is 11.9 Å². The first-order valence-electron chi connectivity index (χ1n) is 7.80. The van der Waals surface area contributed by atoms with Gasteiger partial charge < -0.3 is 19.7 Å². The van der Waals surface area contributed by atoms with Gasteiger partial charge in [0.05, 0.1) is 12.5 Å². The van der Waals surface area contributed by atoms with Gasteiger partial charge in [-0.2, -0.15) is 0 Å². The van der Waals surface area contributed by atoms with Crippen molar-refractivity contribution >= 4 is 23.5 Å². The number of carbonyl (C=O) groups excluding carboxylic acids is 3. The van der Waals surface area contributed by atoms with Gasteiger partial charge in [-0.25, -0.2) is 0 Å². The van der Waals surface area contributed by atoms with Gasteiger partial charge in [0.15, 0.2) is 6.61 Å². The molecule has 1 aromatic rings. The van der Waals surface area contributed by atoms with Gasteiger partial charge in [0, 0.05) is 32.3 Å². The third-order valence-electron chi connectivity index (χ3n) is 3.78. The van der Waals surface area contributed by atoms with Crippen molar-refractivity contribution in [2.75, 3.05) is 38.3 Å². The second kappa shape index (κ2) is 8.44. The van der Waals surface area contributed by atoms with Gasteiger partial charge in [-0.15, -0.1) is 0 Å². The lowest BCUT2D eigenvalue weighted by Crippen LogP contribution is -2.33. The Morgan fingerprint density at radius 1 is 1.29 bits per heavy atom. The molecule has 1 N–H and O–H groups in total. The van der Waals surface area contributed by atoms with Crippen molar-refractivity contribution in [3.63, 3.8) is 0 Å². The lowest BCUT2D eigenvalue weighted by atomic mass is 10.1. The second-order valence-corrected chi connectivity index (χ2v) is 5.69. The van der Waals surface area contributed by atoms with Crippen molar-refractivity contribution in [2.24, 2.45) is 5.92 Å². The molecule has 0 spiro atoms. The van der Waals surface area contributed by atoms with Crippen molar-refractivity contribution < 1.29 is 23.9 Å². The molecule has 1 aliphatic rings. The zero-order chi connectivity index (χ0) is 17.5. The summed E-state index contributed by atoms with van der Waals surface area (Å²) in [7, 11) is 1.53. The number of amides is 2. The highest BCUT2D eigenvalue weighted by Crippen LogP contribution is 2.26. The quantitative estimate of drug-likeness (QED) is 0.585. The molecule has 130 valence electrons. The molecule has 7 heteroatoms. The summed E-state index contributed by atoms with van der Waals surface area (Å²) in [5.41, 5.74) is 1.86. The predicted molar refractivity (Wildman–Crippen MR) is 87.5 cm³/mol. The third kappa shape index (κ3) is 4.79. The Bertz CT molecular complexity index is 600. The maximum Gasteiger partial charge on any atom is 0.311 e. The lowest BCUT2D eigenvalue weighted by molar-refractivity contribution is -0.152. The summed E-state index contributed by atoms with van der Waals surface area (Å²) in [5, 5.41) is 2.56. The van der Waals surface area contributed by atoms with Crippen LogP contribution in [0.15, 0.2) is 24.3 Å². The SMILES string of the molecule is COCCNC(=O)COC(=O)[C@H]1CC(=O)N(c2ccc(C)cc2)C1. The number of nitrogens with zero attached hydrogens (tertiary/aromatic N) is 1. The monoisotopic (exact) mass is 334 g/mol. The molecule has 0 bridgehead atoms. The molecule has 2 amide bonds. The van der Waals surface area contributed by atoms with Crippen LogP contribution in [-0.4, -0.2) is 51.2 Å². The van der Waals surface area contributed by atoms with E-state index in [9.17, 15) is 14.4 Å². The molecule has 24 heavy (non-hydrogen) atoms. The smallest absolute Gasteiger partial charge is 0.311 e. The fourth-order valence-electron chi connectivity index (χ4n) is 2.44. The average Bonchev–Trinajstić information content (AvgIpc) is 2.95. The fourth-order valence-corrected chi connectivity index (χ4v) is 2.44. The largest absolute Gasteiger partial charge is 0.455 e. The molecule has 1 aliphatic heterocycles. The molecule has 1 heterocycles. The van der Waals surface area contributed by atoms with Gasteiger partial charge in [0.1, 0.15) is 0 Å². The maximum absolute atomic E-state index is 12.1. The number of hydrogen-bond acceptors (Lipinski definition) is 5. The summed E-state index contributed by atoms with van der Waals surface area (Å²) in [5.74, 6) is -1.59. The van der Waals surface area contributed by atoms with Crippen LogP contribution in [0.5, 0.6) is 0 Å². The van der Waals surface area contributed by atoms with Crippen LogP contribution in [0.2, 0.25) is 0 Å². The zero-order valence-corrected chi connectivity index (χ0v) is 13.9. The zero-order valence-electron chi connectivity index (χ0n) is 13.9. The minimum absolute atomic E-state index is 0.0952. The van der Waals surface area contributed by atoms with Gasteiger partial charge in [-0.05, 0) is 19.1 Å². The van der Waals surface area contributed by atoms with E-state index in [4.69, 9.17) is 9.47 Å². The Balaban J connectivity index is 1.83. The van der Waals surface area contributed by atoms with Crippen LogP contribution in [-0.2, 0) is 23.9 Å². The Labute approximate surface area is 140 Å². The number of methoxy groups -OCH3 is 1. The Kier molecular flexibility index (Phi) is 6.31. The van der Waals surface area contributed by atoms with E-state index >= 15 is 0 Å². The molecule has 2 rings (SSSR count). The molecule has 0 saturated carbocycles. The number of nitrogens with one attached hydrogen (secondary N) is 1. The molecule has 1 atom stereocenters. The maximum atomic E-state index is 12.1. The highest BCUT2D eigenvalue weighted by Gasteiger charge is 2.36. The molecule has 7 nitrogen and oxygen atoms in total. The van der Waals surface area contributed by atoms with E-state index in [0.717, 1.165) is 11.3 Å². The van der Waals surface area contributed by atoms with Crippen LogP contribution >= 0.6 is 0 Å². The number of benzene rings is 1. The van der Waals surface area contributed by atoms with E-state index in [1.54, 1.807) is 4.90 Å². The van der Waals surface area contributed by atoms with Crippen LogP contribution in [0.4, 0.5) is 5.69 Å². The van der Waals surface area contributed by atoms with Crippen LogP contribution < -0.4 is 10.2 Å². The second-order valence-electron chi connectivity index (χ2n) is 5.69. The minimum Gasteiger partial charge on any atom is -0.455 e. The van der Waals surface area contributed by atoms with E-state index in [1.807, 2.05) is 31.2 Å². The number of anilines is 1. The van der Waals surface area contributed by atoms with Crippen LogP contribution in [0.3, 0.4) is 0 Å². The molecule has 0 aromatic heterocycles. The molecular weight excluding hydrogens is 312 g/mol. The molecule has 1 saturated heterocycles. The topological polar surface area (TPSA) is 84.9 Å². The van der Waals surface area contributed by atoms with Gasteiger partial charge in [-0.1, -0.05) is 17.7 Å². The van der Waals surface area contributed by atoms with Crippen molar-refractivity contribution in [3.8, 4) is 0 Å². The standard InChI is InChI=1S/C17H22N2O5/c1-12-3-5-14(6-4-12)19-10-13(9-16(19)21)17(22)24-11-15(20)18-7-8-23-2/h3-6,13H,7-11H2,1-2H3,(H,18,20)/t13-/m0/s1. The first-order chi connectivity index (χ1) is 11.5. The number of aryl methyl sites for hydroxylation is 1. The summed E-state index contributed by atoms with van der Waals surface area (Å²) < 4.78 is 9.81. The highest BCUT2D eigenvalue weighted by atomic mass is 16.5. The summed E-state index contributed by atoms with van der Waals surface area (Å²) in [6.07, 6.45) is 0.0952. The van der Waals surface area contributed by atoms with E-state index in [-0.39, 0.29) is 31.4 Å². The molecular formula is C17H22N2O5. The van der Waals surface area contributed by atoms with Gasteiger partial charge in [-0.3, -0.25) is 14.4 Å². The molecule has 1 aromatic carbocycles. The number of hydrogen-bond donors (Lipinski definition) is 1. The number of rotatable bonds is 7. The van der Waals surface area contributed by atoms with Crippen LogP contribution in [0.1, 0.15) is 12.0 Å². The number of ether oxygens (including phenoxy) is 2. The van der Waals surface area contributed by atoms with Gasteiger partial charge in [0.2, 0.25) is 5.91 Å². The number of esters is 1. The van der Waals surface area contributed by atoms with Crippen molar-refractivity contribution in [2.45, 2.75) is 13.3 Å². The molecule has 0 aliphatic carbocycles. The Morgan fingerprint density at radius 3 is 2.67 bits per heavy atom. The number of carbonyl (C=O) groups is 3. The predicted octanol–water partition coefficient (Wildman–Crippen LogP) is 0.654. The molecule has 1 fully saturated rings. The molecule has 0 unspecified atom stereocenters. The van der Waals surface area contributed by atoms with Gasteiger partial charge >= 0.3 is 5.97 Å². The third-order valence-corrected chi connectivity index (χ3v) is 3.78. The summed E-state index contributed by atoms with van der Waals surface area (Å²) in [6.45, 7) is 2.63. The van der Waals surface area contributed by atoms with Crippen LogP contribution in [0.25, 0.3) is 0 Å². The Morgan fingerprint density at radius 2 is 2.00 bits per heavy atom. The summed E-state index contributed by atoms with van der Waals surface area (Å²) in [6, 6.07) is 7.53. The first kappa shape index (κ1) is 17.9. The van der Waals surface area contributed by atoms with Gasteiger partial charge in [0.25, 0.3) is 5.91 Å². The fraction of sp³-hybridized carbons (Fsp3) is 0.471. The Hall–Kier alpha value is -2.41. The summed E-state index contributed by atoms with van der Waals surface area (Å²) >= 11 is 0. The lowest BCUT2D eigenvalue weighted by Gasteiger charge is -2.16. The first-order valence-corrected chi connectivity index (χ1v) is 7.80. The van der Waals surface area contributed by atoms with E-state index in [0.29, 0.717) is 13.2 Å². The van der Waals surface area contributed by atoms with Crippen LogP contribution in [0, 0.1) is 12.8 Å². The minimum atomic E-state index is -0.550. The molecule has 0 radical (unpaired) electrons. The normalized spacial score (nSPS) is 17.0. The van der Waals surface area contributed by atoms with Crippen molar-refractivity contribution in [1.29, 1.82) is 0 Å². The van der Waals surface area contributed by atoms with Crippen molar-refractivity contribution in [1.82, 2.24) is 5.32 Å².